The molecule has 0 aliphatic heterocycles. The molecular weight excluding hydrogens is 220 g/mol. The van der Waals surface area contributed by atoms with Crippen LogP contribution in [0.4, 0.5) is 0 Å². The summed E-state index contributed by atoms with van der Waals surface area (Å²) in [5.41, 5.74) is 6.10. The second kappa shape index (κ2) is 3.86. The van der Waals surface area contributed by atoms with Crippen LogP contribution in [0, 0.1) is 13.8 Å². The van der Waals surface area contributed by atoms with E-state index in [4.69, 9.17) is 0 Å². The molecule has 1 heterocycles. The highest BCUT2D eigenvalue weighted by Gasteiger charge is 2.45. The summed E-state index contributed by atoms with van der Waals surface area (Å²) in [6.45, 7) is 5.52. The summed E-state index contributed by atoms with van der Waals surface area (Å²) in [5, 5.41) is 4.85. The smallest absolute Gasteiger partial charge is 0.0486 e. The van der Waals surface area contributed by atoms with Crippen LogP contribution in [0.3, 0.4) is 0 Å². The standard InChI is InChI=1S/C16H22N2/c1-11-7-12(2)15-13(9-18(4)14(15)8-11)16(5-6-16)10-17-3/h7-9,17H,5-6,10H2,1-4H3. The molecule has 1 aliphatic carbocycles. The van der Waals surface area contributed by atoms with E-state index in [1.54, 1.807) is 5.56 Å². The van der Waals surface area contributed by atoms with E-state index in [0.29, 0.717) is 5.41 Å². The number of benzene rings is 1. The molecule has 2 heteroatoms. The molecule has 0 spiro atoms. The van der Waals surface area contributed by atoms with Crippen LogP contribution in [0.5, 0.6) is 0 Å². The third-order valence-corrected chi connectivity index (χ3v) is 4.37. The van der Waals surface area contributed by atoms with Crippen molar-refractivity contribution in [2.45, 2.75) is 32.1 Å². The van der Waals surface area contributed by atoms with E-state index in [1.807, 2.05) is 0 Å². The zero-order valence-corrected chi connectivity index (χ0v) is 11.8. The van der Waals surface area contributed by atoms with Crippen LogP contribution in [0.2, 0.25) is 0 Å². The Morgan fingerprint density at radius 1 is 1.28 bits per heavy atom. The first-order valence-electron chi connectivity index (χ1n) is 6.79. The Hall–Kier alpha value is -1.28. The number of fused-ring (bicyclic) bond motifs is 1. The van der Waals surface area contributed by atoms with Crippen LogP contribution in [-0.4, -0.2) is 18.2 Å². The van der Waals surface area contributed by atoms with Gasteiger partial charge in [-0.3, -0.25) is 0 Å². The molecule has 0 bridgehead atoms. The summed E-state index contributed by atoms with van der Waals surface area (Å²) in [5.74, 6) is 0. The number of hydrogen-bond acceptors (Lipinski definition) is 1. The first kappa shape index (κ1) is 11.8. The maximum Gasteiger partial charge on any atom is 0.0486 e. The quantitative estimate of drug-likeness (QED) is 0.875. The van der Waals surface area contributed by atoms with E-state index in [-0.39, 0.29) is 0 Å². The van der Waals surface area contributed by atoms with Gasteiger partial charge in [0.1, 0.15) is 0 Å². The van der Waals surface area contributed by atoms with Crippen LogP contribution in [0.1, 0.15) is 29.5 Å². The molecule has 0 atom stereocenters. The maximum absolute atomic E-state index is 3.36. The van der Waals surface area contributed by atoms with Crippen molar-refractivity contribution < 1.29 is 0 Å². The minimum absolute atomic E-state index is 0.397. The summed E-state index contributed by atoms with van der Waals surface area (Å²) >= 11 is 0. The zero-order chi connectivity index (χ0) is 12.9. The van der Waals surface area contributed by atoms with Gasteiger partial charge < -0.3 is 9.88 Å². The topological polar surface area (TPSA) is 17.0 Å². The van der Waals surface area contributed by atoms with Gasteiger partial charge in [-0.05, 0) is 56.5 Å². The monoisotopic (exact) mass is 242 g/mol. The van der Waals surface area contributed by atoms with Crippen molar-refractivity contribution in [2.75, 3.05) is 13.6 Å². The number of aryl methyl sites for hydroxylation is 3. The Bertz CT molecular complexity index is 603. The molecule has 1 saturated carbocycles. The number of rotatable bonds is 3. The summed E-state index contributed by atoms with van der Waals surface area (Å²) < 4.78 is 2.29. The van der Waals surface area contributed by atoms with Crippen molar-refractivity contribution in [1.82, 2.24) is 9.88 Å². The Labute approximate surface area is 109 Å². The Balaban J connectivity index is 2.25. The van der Waals surface area contributed by atoms with E-state index in [0.717, 1.165) is 6.54 Å². The molecule has 1 aromatic carbocycles. The number of nitrogens with one attached hydrogen (secondary N) is 1. The Morgan fingerprint density at radius 3 is 2.61 bits per heavy atom. The Morgan fingerprint density at radius 2 is 2.00 bits per heavy atom. The van der Waals surface area contributed by atoms with Gasteiger partial charge in [-0.15, -0.1) is 0 Å². The molecule has 96 valence electrons. The lowest BCUT2D eigenvalue weighted by molar-refractivity contribution is 0.626. The van der Waals surface area contributed by atoms with Gasteiger partial charge in [0.2, 0.25) is 0 Å². The van der Waals surface area contributed by atoms with Gasteiger partial charge in [-0.2, -0.15) is 0 Å². The second-order valence-corrected chi connectivity index (χ2v) is 5.94. The first-order chi connectivity index (χ1) is 8.57. The van der Waals surface area contributed by atoms with Crippen LogP contribution >= 0.6 is 0 Å². The van der Waals surface area contributed by atoms with E-state index in [2.05, 4.69) is 56.2 Å². The van der Waals surface area contributed by atoms with E-state index >= 15 is 0 Å². The predicted molar refractivity (Wildman–Crippen MR) is 77.2 cm³/mol. The molecule has 1 aliphatic rings. The maximum atomic E-state index is 3.36. The highest BCUT2D eigenvalue weighted by molar-refractivity contribution is 5.89. The van der Waals surface area contributed by atoms with Gasteiger partial charge in [-0.1, -0.05) is 6.07 Å². The number of hydrogen-bond donors (Lipinski definition) is 1. The average molecular weight is 242 g/mol. The number of likely N-dealkylation sites (N-methyl/N-ethyl adjacent to an activating group) is 1. The first-order valence-corrected chi connectivity index (χ1v) is 6.79. The molecule has 1 fully saturated rings. The molecule has 0 amide bonds. The van der Waals surface area contributed by atoms with Crippen molar-refractivity contribution in [3.05, 3.63) is 35.0 Å². The largest absolute Gasteiger partial charge is 0.350 e. The highest BCUT2D eigenvalue weighted by atomic mass is 14.9. The van der Waals surface area contributed by atoms with Crippen molar-refractivity contribution in [2.24, 2.45) is 7.05 Å². The van der Waals surface area contributed by atoms with Gasteiger partial charge >= 0.3 is 0 Å². The molecule has 2 nitrogen and oxygen atoms in total. The lowest BCUT2D eigenvalue weighted by atomic mass is 9.93. The third kappa shape index (κ3) is 1.59. The molecule has 1 N–H and O–H groups in total. The number of aromatic nitrogens is 1. The minimum atomic E-state index is 0.397. The van der Waals surface area contributed by atoms with Crippen molar-refractivity contribution in [3.8, 4) is 0 Å². The van der Waals surface area contributed by atoms with Crippen molar-refractivity contribution in [3.63, 3.8) is 0 Å². The van der Waals surface area contributed by atoms with E-state index < -0.39 is 0 Å². The molecule has 18 heavy (non-hydrogen) atoms. The summed E-state index contributed by atoms with van der Waals surface area (Å²) in [6, 6.07) is 4.61. The average Bonchev–Trinajstić information content (AvgIpc) is 3.00. The molecule has 1 aromatic heterocycles. The van der Waals surface area contributed by atoms with Gasteiger partial charge in [0.15, 0.2) is 0 Å². The molecule has 0 unspecified atom stereocenters. The fourth-order valence-corrected chi connectivity index (χ4v) is 3.33. The molecule has 2 aromatic rings. The summed E-state index contributed by atoms with van der Waals surface area (Å²) in [4.78, 5) is 0. The van der Waals surface area contributed by atoms with E-state index in [9.17, 15) is 0 Å². The fraction of sp³-hybridized carbons (Fsp3) is 0.500. The third-order valence-electron chi connectivity index (χ3n) is 4.37. The molecular formula is C16H22N2. The second-order valence-electron chi connectivity index (χ2n) is 5.94. The van der Waals surface area contributed by atoms with Crippen LogP contribution in [-0.2, 0) is 12.5 Å². The van der Waals surface area contributed by atoms with Gasteiger partial charge in [0.25, 0.3) is 0 Å². The van der Waals surface area contributed by atoms with Crippen molar-refractivity contribution in [1.29, 1.82) is 0 Å². The highest BCUT2D eigenvalue weighted by Crippen LogP contribution is 2.50. The zero-order valence-electron chi connectivity index (χ0n) is 11.8. The lowest BCUT2D eigenvalue weighted by Crippen LogP contribution is -2.23. The normalized spacial score (nSPS) is 17.3. The predicted octanol–water partition coefficient (Wildman–Crippen LogP) is 3.05. The lowest BCUT2D eigenvalue weighted by Gasteiger charge is -2.14. The van der Waals surface area contributed by atoms with E-state index in [1.165, 1.54) is 34.9 Å². The molecule has 0 radical (unpaired) electrons. The van der Waals surface area contributed by atoms with Crippen molar-refractivity contribution >= 4 is 10.9 Å². The van der Waals surface area contributed by atoms with Crippen LogP contribution in [0.15, 0.2) is 18.3 Å². The van der Waals surface area contributed by atoms with Crippen LogP contribution in [0.25, 0.3) is 10.9 Å². The van der Waals surface area contributed by atoms with Gasteiger partial charge in [0, 0.05) is 36.1 Å². The number of nitrogens with zero attached hydrogens (tertiary/aromatic N) is 1. The SMILES string of the molecule is CNCC1(c2cn(C)c3cc(C)cc(C)c23)CC1. The van der Waals surface area contributed by atoms with Gasteiger partial charge in [0.05, 0.1) is 0 Å². The van der Waals surface area contributed by atoms with Crippen LogP contribution < -0.4 is 5.32 Å². The fourth-order valence-electron chi connectivity index (χ4n) is 3.33. The summed E-state index contributed by atoms with van der Waals surface area (Å²) in [6.07, 6.45) is 4.99. The molecule has 0 saturated heterocycles. The minimum Gasteiger partial charge on any atom is -0.350 e. The Kier molecular flexibility index (Phi) is 2.53. The molecule has 3 rings (SSSR count). The summed E-state index contributed by atoms with van der Waals surface area (Å²) in [7, 11) is 4.22. The van der Waals surface area contributed by atoms with Gasteiger partial charge in [-0.25, -0.2) is 0 Å².